The van der Waals surface area contributed by atoms with Gasteiger partial charge in [0.25, 0.3) is 5.89 Å². The van der Waals surface area contributed by atoms with E-state index in [1.54, 1.807) is 18.6 Å². The summed E-state index contributed by atoms with van der Waals surface area (Å²) >= 11 is 0. The normalized spacial score (nSPS) is 11.0. The van der Waals surface area contributed by atoms with Crippen LogP contribution in [0.4, 0.5) is 0 Å². The fourth-order valence-corrected chi connectivity index (χ4v) is 2.04. The van der Waals surface area contributed by atoms with E-state index in [0.717, 1.165) is 22.6 Å². The van der Waals surface area contributed by atoms with Crippen molar-refractivity contribution in [3.63, 3.8) is 0 Å². The van der Waals surface area contributed by atoms with Crippen LogP contribution in [-0.2, 0) is 0 Å². The van der Waals surface area contributed by atoms with E-state index in [2.05, 4.69) is 38.9 Å². The summed E-state index contributed by atoms with van der Waals surface area (Å²) in [6, 6.07) is 3.67. The predicted octanol–water partition coefficient (Wildman–Crippen LogP) is 3.02. The third-order valence-corrected chi connectivity index (χ3v) is 3.08. The van der Waals surface area contributed by atoms with Crippen molar-refractivity contribution in [1.82, 2.24) is 25.1 Å². The van der Waals surface area contributed by atoms with Crippen LogP contribution in [0, 0.1) is 6.92 Å². The number of rotatable bonds is 3. The first kappa shape index (κ1) is 13.4. The van der Waals surface area contributed by atoms with Crippen LogP contribution in [0.2, 0.25) is 0 Å². The second kappa shape index (κ2) is 5.40. The highest BCUT2D eigenvalue weighted by Crippen LogP contribution is 2.27. The van der Waals surface area contributed by atoms with Gasteiger partial charge in [-0.15, -0.1) is 0 Å². The van der Waals surface area contributed by atoms with Crippen LogP contribution in [0.1, 0.15) is 31.3 Å². The average Bonchev–Trinajstić information content (AvgIpc) is 2.97. The largest absolute Gasteiger partial charge is 0.333 e. The van der Waals surface area contributed by atoms with Crippen LogP contribution >= 0.6 is 0 Å². The highest BCUT2D eigenvalue weighted by molar-refractivity contribution is 5.60. The number of hydrogen-bond donors (Lipinski definition) is 0. The Labute approximate surface area is 122 Å². The second-order valence-electron chi connectivity index (χ2n) is 5.03. The Hall–Kier alpha value is -2.63. The summed E-state index contributed by atoms with van der Waals surface area (Å²) < 4.78 is 5.37. The summed E-state index contributed by atoms with van der Waals surface area (Å²) in [5.41, 5.74) is 2.55. The van der Waals surface area contributed by atoms with E-state index >= 15 is 0 Å². The number of nitrogens with zero attached hydrogens (tertiary/aromatic N) is 5. The van der Waals surface area contributed by atoms with E-state index in [9.17, 15) is 0 Å². The zero-order valence-electron chi connectivity index (χ0n) is 12.1. The molecule has 0 aromatic carbocycles. The lowest BCUT2D eigenvalue weighted by molar-refractivity contribution is 0.431. The molecule has 0 aliphatic carbocycles. The molecule has 0 saturated carbocycles. The smallest absolute Gasteiger partial charge is 0.261 e. The Morgan fingerprint density at radius 1 is 1.10 bits per heavy atom. The first-order valence-corrected chi connectivity index (χ1v) is 6.73. The van der Waals surface area contributed by atoms with Crippen LogP contribution in [0.25, 0.3) is 22.8 Å². The number of aryl methyl sites for hydroxylation is 1. The molecule has 0 saturated heterocycles. The molecule has 0 N–H and O–H groups in total. The average molecular weight is 281 g/mol. The quantitative estimate of drug-likeness (QED) is 0.734. The predicted molar refractivity (Wildman–Crippen MR) is 77.4 cm³/mol. The lowest BCUT2D eigenvalue weighted by Crippen LogP contribution is -2.01. The fraction of sp³-hybridized carbons (Fsp3) is 0.267. The molecule has 6 heteroatoms. The first-order chi connectivity index (χ1) is 10.1. The second-order valence-corrected chi connectivity index (χ2v) is 5.03. The summed E-state index contributed by atoms with van der Waals surface area (Å²) in [5.74, 6) is 1.95. The Kier molecular flexibility index (Phi) is 3.43. The molecule has 0 bridgehead atoms. The topological polar surface area (TPSA) is 77.6 Å². The minimum atomic E-state index is 0.248. The number of pyridine rings is 1. The van der Waals surface area contributed by atoms with E-state index in [0.29, 0.717) is 11.7 Å². The van der Waals surface area contributed by atoms with Crippen molar-refractivity contribution in [1.29, 1.82) is 0 Å². The van der Waals surface area contributed by atoms with Gasteiger partial charge in [0.05, 0.1) is 11.3 Å². The highest BCUT2D eigenvalue weighted by atomic mass is 16.5. The SMILES string of the molecule is Cc1ncc(-c2nc(-c3ccncc3)no2)c(C(C)C)n1. The maximum Gasteiger partial charge on any atom is 0.261 e. The van der Waals surface area contributed by atoms with Crippen molar-refractivity contribution in [2.75, 3.05) is 0 Å². The van der Waals surface area contributed by atoms with Crippen LogP contribution in [0.3, 0.4) is 0 Å². The summed E-state index contributed by atoms with van der Waals surface area (Å²) in [4.78, 5) is 17.1. The van der Waals surface area contributed by atoms with Crippen molar-refractivity contribution in [2.45, 2.75) is 26.7 Å². The zero-order chi connectivity index (χ0) is 14.8. The van der Waals surface area contributed by atoms with Gasteiger partial charge in [0.1, 0.15) is 5.82 Å². The zero-order valence-corrected chi connectivity index (χ0v) is 12.1. The van der Waals surface area contributed by atoms with Crippen molar-refractivity contribution in [2.24, 2.45) is 0 Å². The third-order valence-electron chi connectivity index (χ3n) is 3.08. The lowest BCUT2D eigenvalue weighted by atomic mass is 10.1. The lowest BCUT2D eigenvalue weighted by Gasteiger charge is -2.08. The Morgan fingerprint density at radius 2 is 1.86 bits per heavy atom. The van der Waals surface area contributed by atoms with Gasteiger partial charge < -0.3 is 4.52 Å². The van der Waals surface area contributed by atoms with Gasteiger partial charge in [0, 0.05) is 24.2 Å². The van der Waals surface area contributed by atoms with Crippen molar-refractivity contribution >= 4 is 0 Å². The van der Waals surface area contributed by atoms with Gasteiger partial charge >= 0.3 is 0 Å². The fourth-order valence-electron chi connectivity index (χ4n) is 2.04. The Morgan fingerprint density at radius 3 is 2.57 bits per heavy atom. The van der Waals surface area contributed by atoms with Crippen LogP contribution < -0.4 is 0 Å². The van der Waals surface area contributed by atoms with Crippen molar-refractivity contribution in [3.05, 3.63) is 42.2 Å². The monoisotopic (exact) mass is 281 g/mol. The van der Waals surface area contributed by atoms with Crippen LogP contribution in [-0.4, -0.2) is 25.1 Å². The molecule has 0 unspecified atom stereocenters. The maximum atomic E-state index is 5.37. The molecule has 21 heavy (non-hydrogen) atoms. The van der Waals surface area contributed by atoms with Gasteiger partial charge in [-0.05, 0) is 25.0 Å². The van der Waals surface area contributed by atoms with E-state index in [-0.39, 0.29) is 5.92 Å². The van der Waals surface area contributed by atoms with Gasteiger partial charge in [0.15, 0.2) is 0 Å². The van der Waals surface area contributed by atoms with Gasteiger partial charge in [-0.25, -0.2) is 9.97 Å². The maximum absolute atomic E-state index is 5.37. The van der Waals surface area contributed by atoms with Gasteiger partial charge in [-0.2, -0.15) is 4.98 Å². The summed E-state index contributed by atoms with van der Waals surface area (Å²) in [6.45, 7) is 6.02. The molecule has 0 spiro atoms. The molecular weight excluding hydrogens is 266 g/mol. The molecular formula is C15H15N5O. The van der Waals surface area contributed by atoms with Gasteiger partial charge in [-0.3, -0.25) is 4.98 Å². The van der Waals surface area contributed by atoms with E-state index < -0.39 is 0 Å². The molecule has 0 atom stereocenters. The van der Waals surface area contributed by atoms with Crippen molar-refractivity contribution in [3.8, 4) is 22.8 Å². The molecule has 3 heterocycles. The van der Waals surface area contributed by atoms with Crippen LogP contribution in [0.5, 0.6) is 0 Å². The minimum Gasteiger partial charge on any atom is -0.333 e. The number of aromatic nitrogens is 5. The molecule has 3 rings (SSSR count). The van der Waals surface area contributed by atoms with E-state index in [1.165, 1.54) is 0 Å². The minimum absolute atomic E-state index is 0.248. The van der Waals surface area contributed by atoms with Gasteiger partial charge in [-0.1, -0.05) is 19.0 Å². The molecule has 3 aromatic heterocycles. The number of hydrogen-bond acceptors (Lipinski definition) is 6. The molecule has 6 nitrogen and oxygen atoms in total. The van der Waals surface area contributed by atoms with E-state index in [1.807, 2.05) is 19.1 Å². The highest BCUT2D eigenvalue weighted by Gasteiger charge is 2.17. The first-order valence-electron chi connectivity index (χ1n) is 6.73. The van der Waals surface area contributed by atoms with Gasteiger partial charge in [0.2, 0.25) is 5.82 Å². The summed E-state index contributed by atoms with van der Waals surface area (Å²) in [6.07, 6.45) is 5.13. The molecule has 0 radical (unpaired) electrons. The van der Waals surface area contributed by atoms with Crippen LogP contribution in [0.15, 0.2) is 35.2 Å². The molecule has 0 aliphatic heterocycles. The Balaban J connectivity index is 2.05. The van der Waals surface area contributed by atoms with Crippen molar-refractivity contribution < 1.29 is 4.52 Å². The standard InChI is InChI=1S/C15H15N5O/c1-9(2)13-12(8-17-10(3)18-13)15-19-14(20-21-15)11-4-6-16-7-5-11/h4-9H,1-3H3. The molecule has 0 fully saturated rings. The molecule has 106 valence electrons. The summed E-state index contributed by atoms with van der Waals surface area (Å²) in [7, 11) is 0. The molecule has 0 aliphatic rings. The van der Waals surface area contributed by atoms with E-state index in [4.69, 9.17) is 4.52 Å². The third kappa shape index (κ3) is 2.65. The molecule has 0 amide bonds. The molecule has 3 aromatic rings. The Bertz CT molecular complexity index is 752. The summed E-state index contributed by atoms with van der Waals surface area (Å²) in [5, 5.41) is 4.02.